The fourth-order valence-corrected chi connectivity index (χ4v) is 4.23. The van der Waals surface area contributed by atoms with Crippen LogP contribution in [0.3, 0.4) is 0 Å². The molecule has 5 nitrogen and oxygen atoms in total. The summed E-state index contributed by atoms with van der Waals surface area (Å²) >= 11 is 1.79. The molecule has 3 rings (SSSR count). The van der Waals surface area contributed by atoms with E-state index in [9.17, 15) is 9.59 Å². The molecule has 2 atom stereocenters. The van der Waals surface area contributed by atoms with Crippen LogP contribution in [-0.4, -0.2) is 54.0 Å². The highest BCUT2D eigenvalue weighted by Crippen LogP contribution is 2.32. The number of likely N-dealkylation sites (tertiary alicyclic amines) is 1. The van der Waals surface area contributed by atoms with Gasteiger partial charge in [0, 0.05) is 30.9 Å². The van der Waals surface area contributed by atoms with E-state index in [-0.39, 0.29) is 17.9 Å². The number of likely N-dealkylation sites (N-methyl/N-ethyl adjacent to an activating group) is 1. The highest BCUT2D eigenvalue weighted by atomic mass is 32.1. The van der Waals surface area contributed by atoms with Crippen molar-refractivity contribution in [3.8, 4) is 0 Å². The average molecular weight is 321 g/mol. The van der Waals surface area contributed by atoms with Crippen LogP contribution >= 0.6 is 11.3 Å². The van der Waals surface area contributed by atoms with Gasteiger partial charge in [0.15, 0.2) is 0 Å². The molecule has 0 saturated carbocycles. The van der Waals surface area contributed by atoms with E-state index in [1.54, 1.807) is 18.4 Å². The van der Waals surface area contributed by atoms with Gasteiger partial charge in [-0.1, -0.05) is 6.07 Å². The quantitative estimate of drug-likeness (QED) is 0.862. The molecule has 3 heterocycles. The zero-order valence-electron chi connectivity index (χ0n) is 13.2. The van der Waals surface area contributed by atoms with E-state index in [1.807, 2.05) is 6.92 Å². The number of piperidine rings is 1. The van der Waals surface area contributed by atoms with Gasteiger partial charge in [-0.15, -0.1) is 11.3 Å². The van der Waals surface area contributed by atoms with Crippen LogP contribution in [0.1, 0.15) is 24.6 Å². The molecule has 2 saturated heterocycles. The number of carbonyl (C=O) groups is 2. The van der Waals surface area contributed by atoms with E-state index in [0.717, 1.165) is 38.9 Å². The van der Waals surface area contributed by atoms with Crippen molar-refractivity contribution in [1.29, 1.82) is 0 Å². The van der Waals surface area contributed by atoms with Crippen molar-refractivity contribution in [1.82, 2.24) is 15.1 Å². The standard InChI is InChI=1S/C16H23N3O2S/c1-16(14(20)18(2)15(21)17-16)12-5-3-8-19(11-12)9-7-13-6-4-10-22-13/h4,6,10,12H,3,5,7-9,11H2,1-2H3,(H,17,21)/t12-,16+/m0/s1. The molecule has 2 aliphatic rings. The number of urea groups is 1. The van der Waals surface area contributed by atoms with Gasteiger partial charge in [-0.3, -0.25) is 9.69 Å². The average Bonchev–Trinajstić information content (AvgIpc) is 3.10. The van der Waals surface area contributed by atoms with Crippen LogP contribution in [0, 0.1) is 5.92 Å². The number of carbonyl (C=O) groups excluding carboxylic acids is 2. The van der Waals surface area contributed by atoms with Gasteiger partial charge < -0.3 is 10.2 Å². The number of amides is 3. The Morgan fingerprint density at radius 3 is 2.91 bits per heavy atom. The van der Waals surface area contributed by atoms with E-state index in [1.165, 1.54) is 9.78 Å². The maximum Gasteiger partial charge on any atom is 0.324 e. The number of nitrogens with one attached hydrogen (secondary N) is 1. The van der Waals surface area contributed by atoms with Crippen LogP contribution < -0.4 is 5.32 Å². The molecule has 22 heavy (non-hydrogen) atoms. The van der Waals surface area contributed by atoms with E-state index in [4.69, 9.17) is 0 Å². The van der Waals surface area contributed by atoms with E-state index >= 15 is 0 Å². The van der Waals surface area contributed by atoms with Gasteiger partial charge in [0.1, 0.15) is 5.54 Å². The summed E-state index contributed by atoms with van der Waals surface area (Å²) in [4.78, 5) is 29.2. The number of rotatable bonds is 4. The first kappa shape index (κ1) is 15.5. The number of hydrogen-bond acceptors (Lipinski definition) is 4. The monoisotopic (exact) mass is 321 g/mol. The molecule has 0 aromatic carbocycles. The molecular formula is C16H23N3O2S. The molecule has 1 aromatic rings. The molecule has 2 fully saturated rings. The van der Waals surface area contributed by atoms with Crippen molar-refractivity contribution in [2.75, 3.05) is 26.7 Å². The Labute approximate surface area is 135 Å². The lowest BCUT2D eigenvalue weighted by atomic mass is 9.80. The first-order chi connectivity index (χ1) is 10.5. The third-order valence-electron chi connectivity index (χ3n) is 5.00. The summed E-state index contributed by atoms with van der Waals surface area (Å²) in [6.07, 6.45) is 3.13. The van der Waals surface area contributed by atoms with Gasteiger partial charge in [-0.25, -0.2) is 4.79 Å². The Morgan fingerprint density at radius 2 is 2.27 bits per heavy atom. The highest BCUT2D eigenvalue weighted by molar-refractivity contribution is 7.09. The Kier molecular flexibility index (Phi) is 4.23. The normalized spacial score (nSPS) is 29.9. The van der Waals surface area contributed by atoms with Gasteiger partial charge in [-0.2, -0.15) is 0 Å². The molecule has 0 spiro atoms. The van der Waals surface area contributed by atoms with Crippen molar-refractivity contribution in [3.63, 3.8) is 0 Å². The second kappa shape index (κ2) is 6.01. The van der Waals surface area contributed by atoms with Gasteiger partial charge in [-0.05, 0) is 44.2 Å². The van der Waals surface area contributed by atoms with E-state index in [2.05, 4.69) is 27.7 Å². The van der Waals surface area contributed by atoms with Gasteiger partial charge in [0.25, 0.3) is 5.91 Å². The van der Waals surface area contributed by atoms with Crippen molar-refractivity contribution >= 4 is 23.3 Å². The van der Waals surface area contributed by atoms with Crippen LogP contribution in [0.5, 0.6) is 0 Å². The maximum atomic E-state index is 12.4. The first-order valence-corrected chi connectivity index (χ1v) is 8.73. The lowest BCUT2D eigenvalue weighted by Crippen LogP contribution is -2.55. The molecule has 3 amide bonds. The van der Waals surface area contributed by atoms with Crippen molar-refractivity contribution in [2.45, 2.75) is 31.7 Å². The van der Waals surface area contributed by atoms with Crippen LogP contribution in [0.15, 0.2) is 17.5 Å². The smallest absolute Gasteiger partial charge is 0.323 e. The first-order valence-electron chi connectivity index (χ1n) is 7.86. The third-order valence-corrected chi connectivity index (χ3v) is 5.93. The summed E-state index contributed by atoms with van der Waals surface area (Å²) in [6.45, 7) is 4.85. The minimum Gasteiger partial charge on any atom is -0.323 e. The predicted octanol–water partition coefficient (Wildman–Crippen LogP) is 1.94. The zero-order valence-corrected chi connectivity index (χ0v) is 14.0. The fourth-order valence-electron chi connectivity index (χ4n) is 3.53. The summed E-state index contributed by atoms with van der Waals surface area (Å²) in [5.74, 6) is 0.0913. The second-order valence-corrected chi connectivity index (χ2v) is 7.50. The van der Waals surface area contributed by atoms with Gasteiger partial charge >= 0.3 is 6.03 Å². The predicted molar refractivity (Wildman–Crippen MR) is 86.9 cm³/mol. The second-order valence-electron chi connectivity index (χ2n) is 6.47. The number of imide groups is 1. The van der Waals surface area contributed by atoms with Crippen molar-refractivity contribution in [2.24, 2.45) is 5.92 Å². The number of nitrogens with zero attached hydrogens (tertiary/aromatic N) is 2. The van der Waals surface area contributed by atoms with E-state index in [0.29, 0.717) is 0 Å². The molecule has 1 N–H and O–H groups in total. The van der Waals surface area contributed by atoms with Crippen LogP contribution in [0.25, 0.3) is 0 Å². The molecule has 2 aliphatic heterocycles. The van der Waals surface area contributed by atoms with E-state index < -0.39 is 5.54 Å². The van der Waals surface area contributed by atoms with Crippen LogP contribution in [0.4, 0.5) is 4.79 Å². The van der Waals surface area contributed by atoms with Gasteiger partial charge in [0.05, 0.1) is 0 Å². The summed E-state index contributed by atoms with van der Waals surface area (Å²) in [7, 11) is 1.56. The molecule has 0 aliphatic carbocycles. The topological polar surface area (TPSA) is 52.7 Å². The van der Waals surface area contributed by atoms with Crippen LogP contribution in [0.2, 0.25) is 0 Å². The molecular weight excluding hydrogens is 298 g/mol. The lowest BCUT2D eigenvalue weighted by Gasteiger charge is -2.39. The van der Waals surface area contributed by atoms with Crippen LogP contribution in [-0.2, 0) is 11.2 Å². The highest BCUT2D eigenvalue weighted by Gasteiger charge is 2.51. The lowest BCUT2D eigenvalue weighted by molar-refractivity contribution is -0.132. The fraction of sp³-hybridized carbons (Fsp3) is 0.625. The molecule has 0 bridgehead atoms. The molecule has 120 valence electrons. The maximum absolute atomic E-state index is 12.4. The number of thiophene rings is 1. The summed E-state index contributed by atoms with van der Waals surface area (Å²) < 4.78 is 0. The minimum absolute atomic E-state index is 0.0948. The molecule has 0 unspecified atom stereocenters. The summed E-state index contributed by atoms with van der Waals surface area (Å²) in [6, 6.07) is 3.98. The molecule has 6 heteroatoms. The third kappa shape index (κ3) is 2.77. The zero-order chi connectivity index (χ0) is 15.7. The summed E-state index contributed by atoms with van der Waals surface area (Å²) in [5.41, 5.74) is -0.743. The van der Waals surface area contributed by atoms with Crippen molar-refractivity contribution < 1.29 is 9.59 Å². The number of hydrogen-bond donors (Lipinski definition) is 1. The molecule has 1 aromatic heterocycles. The van der Waals surface area contributed by atoms with Crippen molar-refractivity contribution in [3.05, 3.63) is 22.4 Å². The largest absolute Gasteiger partial charge is 0.324 e. The Morgan fingerprint density at radius 1 is 1.45 bits per heavy atom. The Bertz CT molecular complexity index is 560. The molecule has 0 radical (unpaired) electrons. The SMILES string of the molecule is CN1C(=O)N[C@](C)([C@H]2CCCN(CCc3cccs3)C2)C1=O. The summed E-state index contributed by atoms with van der Waals surface area (Å²) in [5, 5.41) is 5.01. The Hall–Kier alpha value is -1.40. The van der Waals surface area contributed by atoms with Gasteiger partial charge in [0.2, 0.25) is 0 Å². The Balaban J connectivity index is 1.63. The minimum atomic E-state index is -0.743.